The van der Waals surface area contributed by atoms with Crippen LogP contribution in [0.15, 0.2) is 39.8 Å². The van der Waals surface area contributed by atoms with E-state index in [9.17, 15) is 0 Å². The van der Waals surface area contributed by atoms with E-state index < -0.39 is 0 Å². The van der Waals surface area contributed by atoms with Gasteiger partial charge in [0.25, 0.3) is 0 Å². The number of guanidine groups is 1. The fourth-order valence-electron chi connectivity index (χ4n) is 3.50. The molecule has 1 aromatic carbocycles. The maximum absolute atomic E-state index is 5.17. The quantitative estimate of drug-likeness (QED) is 0.589. The van der Waals surface area contributed by atoms with Gasteiger partial charge in [0, 0.05) is 51.9 Å². The maximum atomic E-state index is 5.17. The van der Waals surface area contributed by atoms with Crippen molar-refractivity contribution in [2.45, 2.75) is 40.2 Å². The van der Waals surface area contributed by atoms with Gasteiger partial charge in [-0.3, -0.25) is 9.89 Å². The van der Waals surface area contributed by atoms with Crippen molar-refractivity contribution in [3.63, 3.8) is 0 Å². The normalized spacial score (nSPS) is 15.8. The van der Waals surface area contributed by atoms with Crippen LogP contribution in [0.25, 0.3) is 0 Å². The molecule has 1 saturated heterocycles. The average molecular weight is 384 g/mol. The molecule has 3 rings (SSSR count). The molecule has 152 valence electrons. The molecule has 0 aliphatic carbocycles. The minimum absolute atomic E-state index is 0.812. The second kappa shape index (κ2) is 10.3. The zero-order chi connectivity index (χ0) is 19.8. The van der Waals surface area contributed by atoms with Crippen molar-refractivity contribution in [2.24, 2.45) is 4.99 Å². The molecule has 1 fully saturated rings. The minimum atomic E-state index is 0.812. The summed E-state index contributed by atoms with van der Waals surface area (Å²) in [6.07, 6.45) is 2.07. The van der Waals surface area contributed by atoms with E-state index in [1.54, 1.807) is 0 Å². The molecular weight excluding hydrogens is 350 g/mol. The summed E-state index contributed by atoms with van der Waals surface area (Å²) in [6.45, 7) is 12.8. The van der Waals surface area contributed by atoms with Crippen molar-refractivity contribution in [3.8, 4) is 0 Å². The number of rotatable bonds is 7. The van der Waals surface area contributed by atoms with E-state index >= 15 is 0 Å². The van der Waals surface area contributed by atoms with Gasteiger partial charge in [-0.1, -0.05) is 36.3 Å². The van der Waals surface area contributed by atoms with Gasteiger partial charge in [0.05, 0.1) is 5.69 Å². The van der Waals surface area contributed by atoms with Crippen LogP contribution >= 0.6 is 0 Å². The van der Waals surface area contributed by atoms with Gasteiger partial charge in [0.1, 0.15) is 5.76 Å². The van der Waals surface area contributed by atoms with E-state index in [4.69, 9.17) is 9.52 Å². The Morgan fingerprint density at radius 2 is 1.82 bits per heavy atom. The molecule has 0 bridgehead atoms. The third-order valence-corrected chi connectivity index (χ3v) is 5.16. The zero-order valence-electron chi connectivity index (χ0n) is 17.4. The Bertz CT molecular complexity index is 745. The highest BCUT2D eigenvalue weighted by molar-refractivity contribution is 5.80. The van der Waals surface area contributed by atoms with Crippen molar-refractivity contribution in [1.82, 2.24) is 20.3 Å². The molecule has 0 atom stereocenters. The number of piperazine rings is 1. The largest absolute Gasteiger partial charge is 0.361 e. The molecule has 1 aliphatic rings. The standard InChI is InChI=1S/C22H33N5O/c1-4-19-6-8-20(9-7-19)10-11-24-22(23-5-2)27-14-12-26(13-15-27)17-21-16-18(3)28-25-21/h6-9,16H,4-5,10-15,17H2,1-3H3,(H,23,24). The Balaban J connectivity index is 1.49. The number of benzene rings is 1. The van der Waals surface area contributed by atoms with E-state index in [0.29, 0.717) is 0 Å². The molecule has 0 radical (unpaired) electrons. The molecule has 1 aliphatic heterocycles. The minimum Gasteiger partial charge on any atom is -0.361 e. The molecule has 0 saturated carbocycles. The van der Waals surface area contributed by atoms with Crippen LogP contribution in [0, 0.1) is 6.92 Å². The summed E-state index contributed by atoms with van der Waals surface area (Å²) in [7, 11) is 0. The number of aryl methyl sites for hydroxylation is 2. The average Bonchev–Trinajstić information content (AvgIpc) is 3.13. The highest BCUT2D eigenvalue weighted by atomic mass is 16.5. The maximum Gasteiger partial charge on any atom is 0.194 e. The van der Waals surface area contributed by atoms with E-state index in [1.165, 1.54) is 11.1 Å². The summed E-state index contributed by atoms with van der Waals surface area (Å²) in [5, 5.41) is 7.56. The molecule has 1 aromatic heterocycles. The summed E-state index contributed by atoms with van der Waals surface area (Å²) in [4.78, 5) is 9.67. The Labute approximate surface area is 168 Å². The van der Waals surface area contributed by atoms with Gasteiger partial charge in [-0.2, -0.15) is 0 Å². The van der Waals surface area contributed by atoms with E-state index in [-0.39, 0.29) is 0 Å². The van der Waals surface area contributed by atoms with Gasteiger partial charge in [-0.25, -0.2) is 0 Å². The van der Waals surface area contributed by atoms with Crippen molar-refractivity contribution in [1.29, 1.82) is 0 Å². The fourth-order valence-corrected chi connectivity index (χ4v) is 3.50. The first kappa shape index (κ1) is 20.4. The van der Waals surface area contributed by atoms with Crippen molar-refractivity contribution in [2.75, 3.05) is 39.3 Å². The summed E-state index contributed by atoms with van der Waals surface area (Å²) in [5.41, 5.74) is 3.75. The van der Waals surface area contributed by atoms with Crippen LogP contribution in [-0.4, -0.2) is 60.2 Å². The lowest BCUT2D eigenvalue weighted by molar-refractivity contribution is 0.169. The highest BCUT2D eigenvalue weighted by Crippen LogP contribution is 2.10. The van der Waals surface area contributed by atoms with E-state index in [2.05, 4.69) is 58.4 Å². The fraction of sp³-hybridized carbons (Fsp3) is 0.545. The predicted octanol–water partition coefficient (Wildman–Crippen LogP) is 2.87. The van der Waals surface area contributed by atoms with E-state index in [1.807, 2.05) is 13.0 Å². The van der Waals surface area contributed by atoms with Gasteiger partial charge < -0.3 is 14.7 Å². The first-order valence-corrected chi connectivity index (χ1v) is 10.4. The SMILES string of the molecule is CCNC(=NCCc1ccc(CC)cc1)N1CCN(Cc2cc(C)on2)CC1. The second-order valence-electron chi connectivity index (χ2n) is 7.35. The molecule has 1 N–H and O–H groups in total. The number of hydrogen-bond acceptors (Lipinski definition) is 4. The van der Waals surface area contributed by atoms with Crippen molar-refractivity contribution in [3.05, 3.63) is 52.9 Å². The first-order chi connectivity index (χ1) is 13.7. The van der Waals surface area contributed by atoms with Gasteiger partial charge in [-0.15, -0.1) is 0 Å². The Hall–Kier alpha value is -2.34. The summed E-state index contributed by atoms with van der Waals surface area (Å²) >= 11 is 0. The number of aromatic nitrogens is 1. The third-order valence-electron chi connectivity index (χ3n) is 5.16. The molecule has 6 nitrogen and oxygen atoms in total. The van der Waals surface area contributed by atoms with Crippen LogP contribution in [0.3, 0.4) is 0 Å². The predicted molar refractivity (Wildman–Crippen MR) is 114 cm³/mol. The van der Waals surface area contributed by atoms with Crippen LogP contribution in [0.4, 0.5) is 0 Å². The highest BCUT2D eigenvalue weighted by Gasteiger charge is 2.20. The Morgan fingerprint density at radius 3 is 2.43 bits per heavy atom. The molecule has 0 unspecified atom stereocenters. The molecule has 2 heterocycles. The smallest absolute Gasteiger partial charge is 0.194 e. The van der Waals surface area contributed by atoms with Gasteiger partial charge in [0.15, 0.2) is 5.96 Å². The van der Waals surface area contributed by atoms with Gasteiger partial charge in [0.2, 0.25) is 0 Å². The van der Waals surface area contributed by atoms with Crippen LogP contribution in [-0.2, 0) is 19.4 Å². The van der Waals surface area contributed by atoms with Crippen LogP contribution in [0.2, 0.25) is 0 Å². The van der Waals surface area contributed by atoms with Crippen LogP contribution in [0.1, 0.15) is 36.4 Å². The lowest BCUT2D eigenvalue weighted by Gasteiger charge is -2.36. The molecule has 0 spiro atoms. The lowest BCUT2D eigenvalue weighted by Crippen LogP contribution is -2.52. The Kier molecular flexibility index (Phi) is 7.48. The number of nitrogens with zero attached hydrogens (tertiary/aromatic N) is 4. The van der Waals surface area contributed by atoms with Crippen LogP contribution < -0.4 is 5.32 Å². The number of hydrogen-bond donors (Lipinski definition) is 1. The van der Waals surface area contributed by atoms with Crippen molar-refractivity contribution >= 4 is 5.96 Å². The monoisotopic (exact) mass is 383 g/mol. The molecule has 2 aromatic rings. The van der Waals surface area contributed by atoms with Crippen LogP contribution in [0.5, 0.6) is 0 Å². The van der Waals surface area contributed by atoms with E-state index in [0.717, 1.165) is 76.1 Å². The lowest BCUT2D eigenvalue weighted by atomic mass is 10.1. The molecular formula is C22H33N5O. The first-order valence-electron chi connectivity index (χ1n) is 10.4. The van der Waals surface area contributed by atoms with Crippen molar-refractivity contribution < 1.29 is 4.52 Å². The molecule has 6 heteroatoms. The summed E-state index contributed by atoms with van der Waals surface area (Å²) in [5.74, 6) is 1.91. The third kappa shape index (κ3) is 5.83. The topological polar surface area (TPSA) is 56.9 Å². The number of aliphatic imine (C=N–C) groups is 1. The van der Waals surface area contributed by atoms with Gasteiger partial charge >= 0.3 is 0 Å². The summed E-state index contributed by atoms with van der Waals surface area (Å²) < 4.78 is 5.17. The van der Waals surface area contributed by atoms with Gasteiger partial charge in [-0.05, 0) is 37.8 Å². The molecule has 28 heavy (non-hydrogen) atoms. The molecule has 0 amide bonds. The summed E-state index contributed by atoms with van der Waals surface area (Å²) in [6, 6.07) is 10.9. The Morgan fingerprint density at radius 1 is 1.11 bits per heavy atom. The zero-order valence-corrected chi connectivity index (χ0v) is 17.4. The number of nitrogens with one attached hydrogen (secondary N) is 1. The second-order valence-corrected chi connectivity index (χ2v) is 7.35.